The molecule has 0 radical (unpaired) electrons. The first-order valence-electron chi connectivity index (χ1n) is 6.28. The summed E-state index contributed by atoms with van der Waals surface area (Å²) >= 11 is 3.38. The minimum absolute atomic E-state index is 0.0230. The Morgan fingerprint density at radius 3 is 3.06 bits per heavy atom. The zero-order chi connectivity index (χ0) is 13.1. The molecule has 2 atom stereocenters. The van der Waals surface area contributed by atoms with Crippen LogP contribution in [0.25, 0.3) is 0 Å². The van der Waals surface area contributed by atoms with Gasteiger partial charge in [0.05, 0.1) is 0 Å². The maximum Gasteiger partial charge on any atom is 0.274 e. The van der Waals surface area contributed by atoms with Gasteiger partial charge in [0.2, 0.25) is 0 Å². The molecule has 0 bridgehead atoms. The standard InChI is InChI=1S/C13H18BrN3O/c1-9-4-2-5-10(8-15)17(9)13(18)12-11(14)6-3-7-16-12/h3,6-7,9-10H,2,4-5,8,15H2,1H3. The smallest absolute Gasteiger partial charge is 0.274 e. The second kappa shape index (κ2) is 5.80. The molecule has 2 N–H and O–H groups in total. The third-order valence-electron chi connectivity index (χ3n) is 3.50. The second-order valence-corrected chi connectivity index (χ2v) is 5.57. The van der Waals surface area contributed by atoms with Crippen LogP contribution in [0.15, 0.2) is 22.8 Å². The molecule has 2 rings (SSSR count). The number of amides is 1. The normalized spacial score (nSPS) is 24.1. The first kappa shape index (κ1) is 13.5. The van der Waals surface area contributed by atoms with Gasteiger partial charge in [-0.1, -0.05) is 0 Å². The summed E-state index contributed by atoms with van der Waals surface area (Å²) in [4.78, 5) is 18.7. The number of carbonyl (C=O) groups excluding carboxylic acids is 1. The highest BCUT2D eigenvalue weighted by atomic mass is 79.9. The lowest BCUT2D eigenvalue weighted by atomic mass is 9.96. The average Bonchev–Trinajstić information content (AvgIpc) is 2.38. The predicted molar refractivity (Wildman–Crippen MR) is 74.3 cm³/mol. The van der Waals surface area contributed by atoms with Crippen molar-refractivity contribution < 1.29 is 4.79 Å². The van der Waals surface area contributed by atoms with Gasteiger partial charge < -0.3 is 10.6 Å². The van der Waals surface area contributed by atoms with E-state index in [0.29, 0.717) is 12.2 Å². The van der Waals surface area contributed by atoms with Gasteiger partial charge in [-0.25, -0.2) is 4.98 Å². The van der Waals surface area contributed by atoms with Gasteiger partial charge >= 0.3 is 0 Å². The molecule has 98 valence electrons. The number of nitrogens with two attached hydrogens (primary N) is 1. The lowest BCUT2D eigenvalue weighted by Crippen LogP contribution is -2.52. The third kappa shape index (κ3) is 2.57. The van der Waals surface area contributed by atoms with E-state index < -0.39 is 0 Å². The molecule has 0 spiro atoms. The maximum atomic E-state index is 12.6. The van der Waals surface area contributed by atoms with Crippen molar-refractivity contribution in [1.29, 1.82) is 0 Å². The largest absolute Gasteiger partial charge is 0.330 e. The van der Waals surface area contributed by atoms with Crippen molar-refractivity contribution in [2.45, 2.75) is 38.3 Å². The van der Waals surface area contributed by atoms with E-state index in [4.69, 9.17) is 5.73 Å². The lowest BCUT2D eigenvalue weighted by Gasteiger charge is -2.40. The quantitative estimate of drug-likeness (QED) is 0.910. The first-order chi connectivity index (χ1) is 8.65. The SMILES string of the molecule is CC1CCCC(CN)N1C(=O)c1ncccc1Br. The summed E-state index contributed by atoms with van der Waals surface area (Å²) in [5, 5.41) is 0. The average molecular weight is 312 g/mol. The molecule has 1 saturated heterocycles. The van der Waals surface area contributed by atoms with Crippen LogP contribution in [-0.4, -0.2) is 34.4 Å². The molecule has 0 aliphatic carbocycles. The number of hydrogen-bond donors (Lipinski definition) is 1. The van der Waals surface area contributed by atoms with Gasteiger partial charge in [-0.05, 0) is 54.2 Å². The van der Waals surface area contributed by atoms with E-state index in [1.54, 1.807) is 12.3 Å². The second-order valence-electron chi connectivity index (χ2n) is 4.72. The van der Waals surface area contributed by atoms with Crippen molar-refractivity contribution >= 4 is 21.8 Å². The van der Waals surface area contributed by atoms with Crippen LogP contribution >= 0.6 is 15.9 Å². The summed E-state index contributed by atoms with van der Waals surface area (Å²) < 4.78 is 0.739. The van der Waals surface area contributed by atoms with Crippen LogP contribution < -0.4 is 5.73 Å². The van der Waals surface area contributed by atoms with Gasteiger partial charge in [0, 0.05) is 29.3 Å². The molecule has 18 heavy (non-hydrogen) atoms. The van der Waals surface area contributed by atoms with Crippen molar-refractivity contribution in [3.05, 3.63) is 28.5 Å². The van der Waals surface area contributed by atoms with E-state index in [2.05, 4.69) is 27.8 Å². The molecule has 1 aliphatic rings. The minimum atomic E-state index is -0.0230. The molecule has 1 fully saturated rings. The Morgan fingerprint density at radius 1 is 1.61 bits per heavy atom. The van der Waals surface area contributed by atoms with Gasteiger partial charge in [-0.15, -0.1) is 0 Å². The highest BCUT2D eigenvalue weighted by Crippen LogP contribution is 2.25. The molecule has 1 aromatic rings. The van der Waals surface area contributed by atoms with Gasteiger partial charge in [-0.3, -0.25) is 4.79 Å². The molecular weight excluding hydrogens is 294 g/mol. The van der Waals surface area contributed by atoms with Crippen LogP contribution in [-0.2, 0) is 0 Å². The Morgan fingerprint density at radius 2 is 2.39 bits per heavy atom. The zero-order valence-corrected chi connectivity index (χ0v) is 12.1. The Bertz CT molecular complexity index is 438. The Kier molecular flexibility index (Phi) is 4.35. The van der Waals surface area contributed by atoms with Gasteiger partial charge in [0.1, 0.15) is 5.69 Å². The highest BCUT2D eigenvalue weighted by Gasteiger charge is 2.32. The number of halogens is 1. The summed E-state index contributed by atoms with van der Waals surface area (Å²) in [6, 6.07) is 4.01. The molecule has 0 aromatic carbocycles. The highest BCUT2D eigenvalue weighted by molar-refractivity contribution is 9.10. The summed E-state index contributed by atoms with van der Waals surface area (Å²) in [5.74, 6) is -0.0230. The number of carbonyl (C=O) groups is 1. The van der Waals surface area contributed by atoms with Crippen LogP contribution in [0.3, 0.4) is 0 Å². The van der Waals surface area contributed by atoms with Crippen LogP contribution in [0.5, 0.6) is 0 Å². The molecular formula is C13H18BrN3O. The van der Waals surface area contributed by atoms with Crippen LogP contribution in [0.4, 0.5) is 0 Å². The summed E-state index contributed by atoms with van der Waals surface area (Å²) in [5.41, 5.74) is 6.26. The molecule has 1 amide bonds. The van der Waals surface area contributed by atoms with Crippen molar-refractivity contribution in [3.63, 3.8) is 0 Å². The molecule has 0 saturated carbocycles. The third-order valence-corrected chi connectivity index (χ3v) is 4.14. The summed E-state index contributed by atoms with van der Waals surface area (Å²) in [6.45, 7) is 2.59. The Labute approximate surface area is 116 Å². The van der Waals surface area contributed by atoms with Crippen LogP contribution in [0.2, 0.25) is 0 Å². The number of piperidine rings is 1. The number of nitrogens with zero attached hydrogens (tertiary/aromatic N) is 2. The number of hydrogen-bond acceptors (Lipinski definition) is 3. The van der Waals surface area contributed by atoms with Gasteiger partial charge in [0.15, 0.2) is 0 Å². The van der Waals surface area contributed by atoms with Crippen LogP contribution in [0, 0.1) is 0 Å². The number of rotatable bonds is 2. The minimum Gasteiger partial charge on any atom is -0.330 e. The molecule has 1 aliphatic heterocycles. The molecule has 4 nitrogen and oxygen atoms in total. The molecule has 1 aromatic heterocycles. The summed E-state index contributed by atoms with van der Waals surface area (Å²) in [6.07, 6.45) is 4.80. The fraction of sp³-hybridized carbons (Fsp3) is 0.538. The fourth-order valence-corrected chi connectivity index (χ4v) is 2.97. The molecule has 2 unspecified atom stereocenters. The predicted octanol–water partition coefficient (Wildman–Crippen LogP) is 2.19. The van der Waals surface area contributed by atoms with Crippen molar-refractivity contribution in [3.8, 4) is 0 Å². The van der Waals surface area contributed by atoms with Crippen molar-refractivity contribution in [2.24, 2.45) is 5.73 Å². The van der Waals surface area contributed by atoms with Crippen molar-refractivity contribution in [1.82, 2.24) is 9.88 Å². The molecule has 2 heterocycles. The van der Waals surface area contributed by atoms with E-state index in [0.717, 1.165) is 23.7 Å². The molecule has 5 heteroatoms. The van der Waals surface area contributed by atoms with E-state index >= 15 is 0 Å². The number of aromatic nitrogens is 1. The fourth-order valence-electron chi connectivity index (χ4n) is 2.55. The lowest BCUT2D eigenvalue weighted by molar-refractivity contribution is 0.0487. The topological polar surface area (TPSA) is 59.2 Å². The van der Waals surface area contributed by atoms with E-state index in [9.17, 15) is 4.79 Å². The van der Waals surface area contributed by atoms with Gasteiger partial charge in [0.25, 0.3) is 5.91 Å². The van der Waals surface area contributed by atoms with Crippen molar-refractivity contribution in [2.75, 3.05) is 6.54 Å². The zero-order valence-electron chi connectivity index (χ0n) is 10.5. The van der Waals surface area contributed by atoms with Crippen LogP contribution in [0.1, 0.15) is 36.7 Å². The number of pyridine rings is 1. The van der Waals surface area contributed by atoms with E-state index in [1.807, 2.05) is 11.0 Å². The van der Waals surface area contributed by atoms with E-state index in [-0.39, 0.29) is 18.0 Å². The maximum absolute atomic E-state index is 12.6. The van der Waals surface area contributed by atoms with E-state index in [1.165, 1.54) is 0 Å². The Hall–Kier alpha value is -0.940. The van der Waals surface area contributed by atoms with Gasteiger partial charge in [-0.2, -0.15) is 0 Å². The Balaban J connectivity index is 2.28. The first-order valence-corrected chi connectivity index (χ1v) is 7.07. The summed E-state index contributed by atoms with van der Waals surface area (Å²) in [7, 11) is 0. The monoisotopic (exact) mass is 311 g/mol. The number of likely N-dealkylation sites (tertiary alicyclic amines) is 1.